The zero-order chi connectivity index (χ0) is 18.7. The Bertz CT molecular complexity index is 895. The number of rotatable bonds is 5. The van der Waals surface area contributed by atoms with Gasteiger partial charge in [-0.05, 0) is 32.0 Å². The molecule has 0 saturated heterocycles. The molecule has 0 fully saturated rings. The van der Waals surface area contributed by atoms with Crippen LogP contribution in [0, 0.1) is 0 Å². The SMILES string of the molecule is CC(C)Oc1ccnc(-c2csc(Nc3ncccc3C(F)(F)F)n2)c1. The summed E-state index contributed by atoms with van der Waals surface area (Å²) in [5, 5.41) is 4.63. The van der Waals surface area contributed by atoms with Crippen LogP contribution in [-0.4, -0.2) is 21.1 Å². The van der Waals surface area contributed by atoms with Gasteiger partial charge in [-0.2, -0.15) is 13.2 Å². The molecule has 0 unspecified atom stereocenters. The number of aromatic nitrogens is 3. The fourth-order valence-electron chi connectivity index (χ4n) is 2.18. The lowest BCUT2D eigenvalue weighted by atomic mass is 10.2. The van der Waals surface area contributed by atoms with E-state index in [2.05, 4.69) is 20.3 Å². The van der Waals surface area contributed by atoms with E-state index in [1.165, 1.54) is 23.6 Å². The van der Waals surface area contributed by atoms with Crippen molar-refractivity contribution in [3.05, 3.63) is 47.6 Å². The van der Waals surface area contributed by atoms with Crippen LogP contribution >= 0.6 is 11.3 Å². The minimum absolute atomic E-state index is 0.0165. The van der Waals surface area contributed by atoms with Crippen molar-refractivity contribution in [2.24, 2.45) is 0 Å². The van der Waals surface area contributed by atoms with Gasteiger partial charge in [0.25, 0.3) is 0 Å². The fraction of sp³-hybridized carbons (Fsp3) is 0.235. The van der Waals surface area contributed by atoms with Crippen molar-refractivity contribution in [1.82, 2.24) is 15.0 Å². The van der Waals surface area contributed by atoms with Gasteiger partial charge in [0.2, 0.25) is 0 Å². The van der Waals surface area contributed by atoms with Gasteiger partial charge in [0.05, 0.1) is 17.4 Å². The van der Waals surface area contributed by atoms with Crippen LogP contribution in [0.3, 0.4) is 0 Å². The summed E-state index contributed by atoms with van der Waals surface area (Å²) in [6.45, 7) is 3.83. The molecule has 0 aliphatic heterocycles. The molecule has 0 spiro atoms. The van der Waals surface area contributed by atoms with E-state index >= 15 is 0 Å². The predicted molar refractivity (Wildman–Crippen MR) is 93.6 cm³/mol. The average molecular weight is 380 g/mol. The minimum atomic E-state index is -4.50. The number of nitrogens with one attached hydrogen (secondary N) is 1. The van der Waals surface area contributed by atoms with Crippen molar-refractivity contribution in [2.75, 3.05) is 5.32 Å². The van der Waals surface area contributed by atoms with E-state index in [-0.39, 0.29) is 11.9 Å². The molecule has 9 heteroatoms. The van der Waals surface area contributed by atoms with Crippen LogP contribution in [0.15, 0.2) is 42.0 Å². The third-order valence-electron chi connectivity index (χ3n) is 3.21. The van der Waals surface area contributed by atoms with E-state index in [1.54, 1.807) is 23.7 Å². The molecule has 3 rings (SSSR count). The molecule has 0 radical (unpaired) electrons. The lowest BCUT2D eigenvalue weighted by Crippen LogP contribution is -2.09. The average Bonchev–Trinajstić information content (AvgIpc) is 3.02. The molecule has 0 atom stereocenters. The Morgan fingerprint density at radius 3 is 2.65 bits per heavy atom. The highest BCUT2D eigenvalue weighted by atomic mass is 32.1. The topological polar surface area (TPSA) is 59.9 Å². The van der Waals surface area contributed by atoms with Gasteiger partial charge < -0.3 is 10.1 Å². The van der Waals surface area contributed by atoms with Crippen molar-refractivity contribution in [3.63, 3.8) is 0 Å². The largest absolute Gasteiger partial charge is 0.491 e. The summed E-state index contributed by atoms with van der Waals surface area (Å²) in [5.74, 6) is 0.363. The normalized spacial score (nSPS) is 11.6. The highest BCUT2D eigenvalue weighted by Crippen LogP contribution is 2.35. The van der Waals surface area contributed by atoms with E-state index in [0.29, 0.717) is 22.3 Å². The minimum Gasteiger partial charge on any atom is -0.491 e. The summed E-state index contributed by atoms with van der Waals surface area (Å²) in [6.07, 6.45) is -1.59. The molecule has 1 N–H and O–H groups in total. The highest BCUT2D eigenvalue weighted by molar-refractivity contribution is 7.14. The van der Waals surface area contributed by atoms with Crippen LogP contribution in [-0.2, 0) is 6.18 Å². The summed E-state index contributed by atoms with van der Waals surface area (Å²) in [6, 6.07) is 5.68. The summed E-state index contributed by atoms with van der Waals surface area (Å²) in [4.78, 5) is 12.3. The third-order valence-corrected chi connectivity index (χ3v) is 3.97. The molecule has 0 bridgehead atoms. The van der Waals surface area contributed by atoms with Crippen LogP contribution < -0.4 is 10.1 Å². The lowest BCUT2D eigenvalue weighted by Gasteiger charge is -2.11. The standard InChI is InChI=1S/C17H15F3N4OS/c1-10(2)25-11-5-7-21-13(8-11)14-9-26-16(23-14)24-15-12(17(18,19)20)4-3-6-22-15/h3-10H,1-2H3,(H,22,23,24). The summed E-state index contributed by atoms with van der Waals surface area (Å²) in [5.41, 5.74) is 0.267. The summed E-state index contributed by atoms with van der Waals surface area (Å²) < 4.78 is 44.8. The monoisotopic (exact) mass is 380 g/mol. The van der Waals surface area contributed by atoms with Gasteiger partial charge >= 0.3 is 6.18 Å². The Kier molecular flexibility index (Phi) is 5.08. The number of hydrogen-bond acceptors (Lipinski definition) is 6. The Hall–Kier alpha value is -2.68. The van der Waals surface area contributed by atoms with Crippen molar-refractivity contribution in [1.29, 1.82) is 0 Å². The van der Waals surface area contributed by atoms with Gasteiger partial charge in [-0.25, -0.2) is 9.97 Å². The van der Waals surface area contributed by atoms with Gasteiger partial charge in [0.1, 0.15) is 17.3 Å². The second kappa shape index (κ2) is 7.28. The first-order valence-corrected chi connectivity index (χ1v) is 8.59. The smallest absolute Gasteiger partial charge is 0.419 e. The number of ether oxygens (including phenoxy) is 1. The van der Waals surface area contributed by atoms with Crippen molar-refractivity contribution < 1.29 is 17.9 Å². The number of alkyl halides is 3. The van der Waals surface area contributed by atoms with Crippen molar-refractivity contribution in [2.45, 2.75) is 26.1 Å². The third kappa shape index (κ3) is 4.29. The van der Waals surface area contributed by atoms with E-state index in [4.69, 9.17) is 4.74 Å². The molecule has 0 amide bonds. The molecule has 0 aliphatic carbocycles. The lowest BCUT2D eigenvalue weighted by molar-refractivity contribution is -0.137. The Balaban J connectivity index is 1.84. The number of anilines is 2. The second-order valence-electron chi connectivity index (χ2n) is 5.60. The summed E-state index contributed by atoms with van der Waals surface area (Å²) >= 11 is 1.17. The van der Waals surface area contributed by atoms with Crippen molar-refractivity contribution >= 4 is 22.3 Å². The summed E-state index contributed by atoms with van der Waals surface area (Å²) in [7, 11) is 0. The maximum absolute atomic E-state index is 13.0. The zero-order valence-electron chi connectivity index (χ0n) is 13.9. The number of hydrogen-bond donors (Lipinski definition) is 1. The molecule has 5 nitrogen and oxygen atoms in total. The second-order valence-corrected chi connectivity index (χ2v) is 6.46. The zero-order valence-corrected chi connectivity index (χ0v) is 14.7. The quantitative estimate of drug-likeness (QED) is 0.663. The van der Waals surface area contributed by atoms with E-state index in [0.717, 1.165) is 6.07 Å². The number of halogens is 3. The molecular formula is C17H15F3N4OS. The Labute approximate surface area is 151 Å². The number of thiazole rings is 1. The molecule has 3 heterocycles. The molecule has 0 aromatic carbocycles. The first-order valence-electron chi connectivity index (χ1n) is 7.71. The maximum atomic E-state index is 13.0. The van der Waals surface area contributed by atoms with Gasteiger partial charge in [-0.15, -0.1) is 11.3 Å². The highest BCUT2D eigenvalue weighted by Gasteiger charge is 2.34. The molecule has 3 aromatic rings. The van der Waals surface area contributed by atoms with Crippen LogP contribution in [0.5, 0.6) is 5.75 Å². The van der Waals surface area contributed by atoms with E-state index in [9.17, 15) is 13.2 Å². The maximum Gasteiger partial charge on any atom is 0.419 e. The van der Waals surface area contributed by atoms with Crippen LogP contribution in [0.1, 0.15) is 19.4 Å². The molecule has 3 aromatic heterocycles. The number of nitrogens with zero attached hydrogens (tertiary/aromatic N) is 3. The predicted octanol–water partition coefficient (Wildman–Crippen LogP) is 5.15. The Morgan fingerprint density at radius 2 is 1.92 bits per heavy atom. The van der Waals surface area contributed by atoms with Gasteiger partial charge in [-0.3, -0.25) is 4.98 Å². The van der Waals surface area contributed by atoms with Gasteiger partial charge in [-0.1, -0.05) is 0 Å². The molecular weight excluding hydrogens is 365 g/mol. The van der Waals surface area contributed by atoms with Crippen LogP contribution in [0.4, 0.5) is 24.1 Å². The Morgan fingerprint density at radius 1 is 1.12 bits per heavy atom. The van der Waals surface area contributed by atoms with Crippen molar-refractivity contribution in [3.8, 4) is 17.1 Å². The van der Waals surface area contributed by atoms with E-state index in [1.807, 2.05) is 13.8 Å². The first kappa shape index (κ1) is 18.1. The van der Waals surface area contributed by atoms with E-state index < -0.39 is 11.7 Å². The fourth-order valence-corrected chi connectivity index (χ4v) is 2.88. The molecule has 0 saturated carbocycles. The first-order chi connectivity index (χ1) is 12.3. The van der Waals surface area contributed by atoms with Crippen LogP contribution in [0.2, 0.25) is 0 Å². The molecule has 136 valence electrons. The van der Waals surface area contributed by atoms with Gasteiger partial charge in [0, 0.05) is 23.8 Å². The van der Waals surface area contributed by atoms with Gasteiger partial charge in [0.15, 0.2) is 5.13 Å². The number of pyridine rings is 2. The molecule has 26 heavy (non-hydrogen) atoms. The van der Waals surface area contributed by atoms with Crippen LogP contribution in [0.25, 0.3) is 11.4 Å². The molecule has 0 aliphatic rings.